The lowest BCUT2D eigenvalue weighted by Crippen LogP contribution is -2.30. The van der Waals surface area contributed by atoms with Crippen molar-refractivity contribution in [2.24, 2.45) is 0 Å². The van der Waals surface area contributed by atoms with E-state index < -0.39 is 6.10 Å². The number of allylic oxidation sites excluding steroid dienone is 14. The van der Waals surface area contributed by atoms with Gasteiger partial charge in [-0.15, -0.1) is 0 Å². The van der Waals surface area contributed by atoms with Crippen LogP contribution in [0.3, 0.4) is 0 Å². The Morgan fingerprint density at radius 3 is 0.803 bits per heavy atom. The highest BCUT2D eigenvalue weighted by Gasteiger charge is 2.19. The van der Waals surface area contributed by atoms with E-state index >= 15 is 0 Å². The van der Waals surface area contributed by atoms with Crippen molar-refractivity contribution >= 4 is 17.9 Å². The molecule has 0 amide bonds. The van der Waals surface area contributed by atoms with Gasteiger partial charge in [0.1, 0.15) is 13.2 Å². The summed E-state index contributed by atoms with van der Waals surface area (Å²) in [5, 5.41) is 0. The molecule has 0 aromatic rings. The summed E-state index contributed by atoms with van der Waals surface area (Å²) in [6.07, 6.45) is 84.4. The van der Waals surface area contributed by atoms with E-state index in [-0.39, 0.29) is 31.1 Å². The van der Waals surface area contributed by atoms with Crippen molar-refractivity contribution < 1.29 is 28.6 Å². The zero-order chi connectivity index (χ0) is 55.0. The largest absolute Gasteiger partial charge is 0.462 e. The summed E-state index contributed by atoms with van der Waals surface area (Å²) in [5.74, 6) is -0.902. The van der Waals surface area contributed by atoms with Crippen LogP contribution < -0.4 is 0 Å². The maximum Gasteiger partial charge on any atom is 0.306 e. The molecule has 0 saturated carbocycles. The summed E-state index contributed by atoms with van der Waals surface area (Å²) in [6.45, 7) is 6.57. The van der Waals surface area contributed by atoms with Crippen LogP contribution in [0.4, 0.5) is 0 Å². The van der Waals surface area contributed by atoms with Gasteiger partial charge < -0.3 is 14.2 Å². The molecule has 0 aromatic heterocycles. The molecule has 0 aliphatic carbocycles. The van der Waals surface area contributed by atoms with Gasteiger partial charge in [-0.25, -0.2) is 0 Å². The van der Waals surface area contributed by atoms with Gasteiger partial charge in [-0.05, 0) is 116 Å². The molecule has 0 aromatic carbocycles. The molecule has 0 bridgehead atoms. The fraction of sp³-hybridized carbons (Fsp3) is 0.757. The van der Waals surface area contributed by atoms with E-state index in [1.807, 2.05) is 0 Å². The predicted octanol–water partition coefficient (Wildman–Crippen LogP) is 22.3. The van der Waals surface area contributed by atoms with Crippen molar-refractivity contribution in [1.29, 1.82) is 0 Å². The molecule has 6 nitrogen and oxygen atoms in total. The lowest BCUT2D eigenvalue weighted by atomic mass is 10.0. The summed E-state index contributed by atoms with van der Waals surface area (Å²) in [6, 6.07) is 0. The Hall–Kier alpha value is -3.41. The molecule has 0 radical (unpaired) electrons. The molecule has 0 fully saturated rings. The van der Waals surface area contributed by atoms with Gasteiger partial charge in [0.25, 0.3) is 0 Å². The Morgan fingerprint density at radius 2 is 0.487 bits per heavy atom. The molecule has 76 heavy (non-hydrogen) atoms. The fourth-order valence-corrected chi connectivity index (χ4v) is 9.14. The number of carbonyl (C=O) groups excluding carboxylic acids is 3. The van der Waals surface area contributed by atoms with E-state index in [0.717, 1.165) is 116 Å². The summed E-state index contributed by atoms with van der Waals surface area (Å²) >= 11 is 0. The van der Waals surface area contributed by atoms with Crippen LogP contribution in [-0.2, 0) is 28.6 Å². The van der Waals surface area contributed by atoms with Crippen LogP contribution in [-0.4, -0.2) is 37.2 Å². The molecule has 1 unspecified atom stereocenters. The number of carbonyl (C=O) groups is 3. The first kappa shape index (κ1) is 72.6. The van der Waals surface area contributed by atoms with Crippen LogP contribution in [0, 0.1) is 0 Å². The first-order valence-electron chi connectivity index (χ1n) is 32.6. The fourth-order valence-electron chi connectivity index (χ4n) is 9.14. The highest BCUT2D eigenvalue weighted by molar-refractivity contribution is 5.71. The zero-order valence-corrected chi connectivity index (χ0v) is 50.3. The van der Waals surface area contributed by atoms with Gasteiger partial charge in [0.05, 0.1) is 0 Å². The van der Waals surface area contributed by atoms with Crippen LogP contribution in [0.1, 0.15) is 323 Å². The van der Waals surface area contributed by atoms with Crippen molar-refractivity contribution in [1.82, 2.24) is 0 Å². The van der Waals surface area contributed by atoms with Crippen LogP contribution in [0.2, 0.25) is 0 Å². The Kier molecular flexibility index (Phi) is 61.2. The minimum absolute atomic E-state index is 0.0858. The van der Waals surface area contributed by atoms with Gasteiger partial charge in [-0.2, -0.15) is 0 Å². The van der Waals surface area contributed by atoms with E-state index in [1.54, 1.807) is 0 Å². The van der Waals surface area contributed by atoms with Gasteiger partial charge in [-0.1, -0.05) is 273 Å². The molecule has 438 valence electrons. The average molecular weight is 1060 g/mol. The van der Waals surface area contributed by atoms with Crippen LogP contribution in [0.25, 0.3) is 0 Å². The van der Waals surface area contributed by atoms with E-state index in [0.29, 0.717) is 19.3 Å². The molecule has 0 spiro atoms. The third-order valence-corrected chi connectivity index (χ3v) is 14.1. The first-order valence-corrected chi connectivity index (χ1v) is 32.6. The second kappa shape index (κ2) is 64.1. The third kappa shape index (κ3) is 61.4. The minimum atomic E-state index is -0.791. The van der Waals surface area contributed by atoms with Crippen LogP contribution in [0.5, 0.6) is 0 Å². The molecular formula is C70H122O6. The molecule has 0 aliphatic rings. The Morgan fingerprint density at radius 1 is 0.263 bits per heavy atom. The molecule has 6 heteroatoms. The minimum Gasteiger partial charge on any atom is -0.462 e. The van der Waals surface area contributed by atoms with Crippen molar-refractivity contribution in [2.75, 3.05) is 13.2 Å². The Balaban J connectivity index is 4.34. The van der Waals surface area contributed by atoms with Crippen LogP contribution >= 0.6 is 0 Å². The third-order valence-electron chi connectivity index (χ3n) is 14.1. The van der Waals surface area contributed by atoms with E-state index in [4.69, 9.17) is 14.2 Å². The quantitative estimate of drug-likeness (QED) is 0.0261. The topological polar surface area (TPSA) is 78.9 Å². The number of ether oxygens (including phenoxy) is 3. The highest BCUT2D eigenvalue weighted by atomic mass is 16.6. The van der Waals surface area contributed by atoms with Gasteiger partial charge in [0.2, 0.25) is 0 Å². The Labute approximate surface area is 471 Å². The zero-order valence-electron chi connectivity index (χ0n) is 50.3. The molecule has 0 saturated heterocycles. The van der Waals surface area contributed by atoms with Gasteiger partial charge in [0.15, 0.2) is 6.10 Å². The molecule has 0 heterocycles. The SMILES string of the molecule is CCCC/C=C\C/C=C\CCCCCCCC(=O)OCC(COC(=O)CCCCCCCCCCCCCCC/C=C\C/C=C\CCCCCCC)OC(=O)CCCCCCCC/C=C\C/C=C\C/C=C\CCCCC. The average Bonchev–Trinajstić information content (AvgIpc) is 3.42. The normalized spacial score (nSPS) is 12.6. The maximum atomic E-state index is 12.9. The van der Waals surface area contributed by atoms with Crippen molar-refractivity contribution in [3.05, 3.63) is 85.1 Å². The molecule has 0 N–H and O–H groups in total. The molecule has 0 aliphatic heterocycles. The van der Waals surface area contributed by atoms with Gasteiger partial charge in [-0.3, -0.25) is 14.4 Å². The molecule has 1 atom stereocenters. The maximum absolute atomic E-state index is 12.9. The van der Waals surface area contributed by atoms with Gasteiger partial charge >= 0.3 is 17.9 Å². The Bertz CT molecular complexity index is 1450. The van der Waals surface area contributed by atoms with E-state index in [2.05, 4.69) is 106 Å². The number of rotatable bonds is 59. The summed E-state index contributed by atoms with van der Waals surface area (Å²) < 4.78 is 16.9. The number of unbranched alkanes of at least 4 members (excludes halogenated alkanes) is 34. The molecular weight excluding hydrogens is 937 g/mol. The van der Waals surface area contributed by atoms with Crippen molar-refractivity contribution in [3.63, 3.8) is 0 Å². The van der Waals surface area contributed by atoms with Crippen LogP contribution in [0.15, 0.2) is 85.1 Å². The molecule has 0 rings (SSSR count). The second-order valence-electron chi connectivity index (χ2n) is 21.7. The summed E-state index contributed by atoms with van der Waals surface area (Å²) in [5.41, 5.74) is 0. The lowest BCUT2D eigenvalue weighted by molar-refractivity contribution is -0.167. The number of hydrogen-bond acceptors (Lipinski definition) is 6. The first-order chi connectivity index (χ1) is 37.5. The number of hydrogen-bond donors (Lipinski definition) is 0. The van der Waals surface area contributed by atoms with Crippen molar-refractivity contribution in [3.8, 4) is 0 Å². The monoisotopic (exact) mass is 1060 g/mol. The lowest BCUT2D eigenvalue weighted by Gasteiger charge is -2.18. The smallest absolute Gasteiger partial charge is 0.306 e. The highest BCUT2D eigenvalue weighted by Crippen LogP contribution is 2.16. The summed E-state index contributed by atoms with van der Waals surface area (Å²) in [4.78, 5) is 38.3. The van der Waals surface area contributed by atoms with E-state index in [1.165, 1.54) is 167 Å². The second-order valence-corrected chi connectivity index (χ2v) is 21.7. The van der Waals surface area contributed by atoms with Crippen molar-refractivity contribution in [2.45, 2.75) is 329 Å². The predicted molar refractivity (Wildman–Crippen MR) is 330 cm³/mol. The summed E-state index contributed by atoms with van der Waals surface area (Å²) in [7, 11) is 0. The van der Waals surface area contributed by atoms with Gasteiger partial charge in [0, 0.05) is 19.3 Å². The van der Waals surface area contributed by atoms with E-state index in [9.17, 15) is 14.4 Å². The standard InChI is InChI=1S/C70H122O6/c1-4-7-10-13-16-19-22-25-28-30-32-33-34-35-36-37-39-40-42-45-48-51-54-57-60-63-69(72)75-66-67(65-74-68(71)62-59-56-53-50-47-44-27-24-21-18-15-12-9-6-3)76-70(73)64-61-58-55-52-49-46-43-41-38-31-29-26-23-20-17-14-11-8-5-2/h15,17-18,20,22,24-27,29-30,32,38,41,67H,4-14,16,19,21,23,28,31,33-37,39-40,42-66H2,1-3H3/b18-15-,20-17-,25-22-,27-24-,29-26-,32-30-,41-38-. The number of esters is 3.